The summed E-state index contributed by atoms with van der Waals surface area (Å²) in [7, 11) is 5.10. The highest BCUT2D eigenvalue weighted by Crippen LogP contribution is 2.47. The van der Waals surface area contributed by atoms with Gasteiger partial charge < -0.3 is 9.47 Å². The van der Waals surface area contributed by atoms with E-state index in [0.29, 0.717) is 23.5 Å². The Hall–Kier alpha value is -3.28. The molecule has 0 spiro atoms. The zero-order valence-corrected chi connectivity index (χ0v) is 21.6. The summed E-state index contributed by atoms with van der Waals surface area (Å²) in [5.74, 6) is 1.36. The number of ether oxygens (including phenoxy) is 2. The number of methoxy groups -OCH3 is 2. The molecule has 6 nitrogen and oxygen atoms in total. The van der Waals surface area contributed by atoms with Crippen molar-refractivity contribution in [2.75, 3.05) is 14.2 Å². The minimum Gasteiger partial charge on any atom is -0.493 e. The van der Waals surface area contributed by atoms with Crippen LogP contribution in [0.25, 0.3) is 11.3 Å². The van der Waals surface area contributed by atoms with Crippen LogP contribution in [-0.2, 0) is 19.0 Å². The van der Waals surface area contributed by atoms with Crippen molar-refractivity contribution in [1.29, 1.82) is 0 Å². The van der Waals surface area contributed by atoms with Gasteiger partial charge in [-0.15, -0.1) is 0 Å². The lowest BCUT2D eigenvalue weighted by molar-refractivity contribution is 0.313. The van der Waals surface area contributed by atoms with Crippen molar-refractivity contribution in [2.45, 2.75) is 59.4 Å². The van der Waals surface area contributed by atoms with Crippen molar-refractivity contribution >= 4 is 5.69 Å². The van der Waals surface area contributed by atoms with Crippen molar-refractivity contribution < 1.29 is 9.47 Å². The highest BCUT2D eigenvalue weighted by atomic mass is 16.5. The zero-order valence-electron chi connectivity index (χ0n) is 21.6. The minimum atomic E-state index is -0.165. The third kappa shape index (κ3) is 3.65. The molecular formula is C28H35N3O3. The van der Waals surface area contributed by atoms with Crippen LogP contribution in [0.15, 0.2) is 40.1 Å². The first-order valence-electron chi connectivity index (χ1n) is 11.9. The highest BCUT2D eigenvalue weighted by Gasteiger charge is 2.38. The Balaban J connectivity index is 2.08. The summed E-state index contributed by atoms with van der Waals surface area (Å²) in [5.41, 5.74) is 7.75. The van der Waals surface area contributed by atoms with Gasteiger partial charge in [-0.2, -0.15) is 0 Å². The van der Waals surface area contributed by atoms with Crippen LogP contribution in [-0.4, -0.2) is 23.4 Å². The lowest BCUT2D eigenvalue weighted by Crippen LogP contribution is -2.46. The molecule has 2 heterocycles. The Morgan fingerprint density at radius 2 is 1.53 bits per heavy atom. The van der Waals surface area contributed by atoms with E-state index in [-0.39, 0.29) is 11.1 Å². The van der Waals surface area contributed by atoms with E-state index in [1.807, 2.05) is 16.7 Å². The van der Waals surface area contributed by atoms with Crippen LogP contribution in [0, 0.1) is 20.8 Å². The van der Waals surface area contributed by atoms with E-state index in [4.69, 9.17) is 14.5 Å². The number of benzene rings is 2. The van der Waals surface area contributed by atoms with Gasteiger partial charge in [0.15, 0.2) is 11.5 Å². The van der Waals surface area contributed by atoms with Crippen LogP contribution in [0.3, 0.4) is 0 Å². The number of rotatable bonds is 5. The molecule has 0 bridgehead atoms. The largest absolute Gasteiger partial charge is 0.493 e. The first-order chi connectivity index (χ1) is 16.2. The SMILES string of the molecule is CCC1(CC)Cn2c(cc(=Nc3c(C)cc(C)cc3C)n(C)c2=O)-c2cc(OC)c(OC)cc21. The average molecular weight is 462 g/mol. The van der Waals surface area contributed by atoms with Gasteiger partial charge in [0, 0.05) is 30.6 Å². The molecule has 6 heteroatoms. The maximum Gasteiger partial charge on any atom is 0.329 e. The van der Waals surface area contributed by atoms with E-state index < -0.39 is 0 Å². The van der Waals surface area contributed by atoms with Crippen LogP contribution < -0.4 is 20.7 Å². The molecule has 0 saturated carbocycles. The van der Waals surface area contributed by atoms with Crippen LogP contribution in [0.4, 0.5) is 5.69 Å². The lowest BCUT2D eigenvalue weighted by atomic mass is 9.71. The van der Waals surface area contributed by atoms with Gasteiger partial charge in [-0.1, -0.05) is 31.5 Å². The second-order valence-electron chi connectivity index (χ2n) is 9.41. The maximum atomic E-state index is 13.7. The van der Waals surface area contributed by atoms with E-state index in [1.165, 1.54) is 11.1 Å². The third-order valence-corrected chi connectivity index (χ3v) is 7.47. The molecule has 1 aliphatic heterocycles. The number of hydrogen-bond acceptors (Lipinski definition) is 4. The number of fused-ring (bicyclic) bond motifs is 3. The van der Waals surface area contributed by atoms with Crippen molar-refractivity contribution in [2.24, 2.45) is 12.0 Å². The van der Waals surface area contributed by atoms with E-state index in [9.17, 15) is 4.79 Å². The molecule has 0 saturated heterocycles. The van der Waals surface area contributed by atoms with Crippen LogP contribution in [0.1, 0.15) is 48.9 Å². The minimum absolute atomic E-state index is 0.0645. The Morgan fingerprint density at radius 1 is 0.941 bits per heavy atom. The molecule has 0 aliphatic carbocycles. The number of aryl methyl sites for hydroxylation is 3. The van der Waals surface area contributed by atoms with Gasteiger partial charge in [0.25, 0.3) is 0 Å². The average Bonchev–Trinajstić information content (AvgIpc) is 2.83. The van der Waals surface area contributed by atoms with Crippen molar-refractivity contribution in [1.82, 2.24) is 9.13 Å². The molecule has 1 aliphatic rings. The maximum absolute atomic E-state index is 13.7. The standard InChI is InChI=1S/C28H35N3O3/c1-9-28(10-2)16-31-22(20-13-23(33-7)24(34-8)14-21(20)28)15-25(30(6)27(31)32)29-26-18(4)11-17(3)12-19(26)5/h11-15H,9-10,16H2,1-8H3. The Labute approximate surface area is 201 Å². The Bertz CT molecular complexity index is 1370. The molecule has 0 amide bonds. The van der Waals surface area contributed by atoms with Gasteiger partial charge in [-0.05, 0) is 62.4 Å². The van der Waals surface area contributed by atoms with Gasteiger partial charge in [-0.3, -0.25) is 9.13 Å². The molecule has 0 fully saturated rings. The lowest BCUT2D eigenvalue weighted by Gasteiger charge is -2.40. The predicted molar refractivity (Wildman–Crippen MR) is 136 cm³/mol. The summed E-state index contributed by atoms with van der Waals surface area (Å²) in [4.78, 5) is 18.6. The molecular weight excluding hydrogens is 426 g/mol. The normalized spacial score (nSPS) is 14.5. The molecule has 0 radical (unpaired) electrons. The monoisotopic (exact) mass is 461 g/mol. The molecule has 180 valence electrons. The van der Waals surface area contributed by atoms with Gasteiger partial charge in [0.1, 0.15) is 5.49 Å². The van der Waals surface area contributed by atoms with Crippen molar-refractivity contribution in [3.8, 4) is 22.8 Å². The van der Waals surface area contributed by atoms with Gasteiger partial charge in [0.05, 0.1) is 25.6 Å². The smallest absolute Gasteiger partial charge is 0.329 e. The molecule has 3 aromatic rings. The van der Waals surface area contributed by atoms with E-state index in [1.54, 1.807) is 25.8 Å². The molecule has 1 aromatic heterocycles. The molecule has 0 unspecified atom stereocenters. The fourth-order valence-electron chi connectivity index (χ4n) is 5.40. The van der Waals surface area contributed by atoms with Gasteiger partial charge >= 0.3 is 5.69 Å². The van der Waals surface area contributed by atoms with E-state index in [2.05, 4.69) is 52.8 Å². The fraction of sp³-hybridized carbons (Fsp3) is 0.429. The summed E-state index contributed by atoms with van der Waals surface area (Å²) in [5, 5.41) is 0. The first-order valence-corrected chi connectivity index (χ1v) is 11.9. The third-order valence-electron chi connectivity index (χ3n) is 7.47. The number of hydrogen-bond donors (Lipinski definition) is 0. The Kier molecular flexibility index (Phi) is 6.19. The number of aromatic nitrogens is 2. The predicted octanol–water partition coefficient (Wildman–Crippen LogP) is 5.10. The van der Waals surface area contributed by atoms with Gasteiger partial charge in [0.2, 0.25) is 0 Å². The molecule has 0 atom stereocenters. The summed E-state index contributed by atoms with van der Waals surface area (Å²) in [6.07, 6.45) is 1.82. The van der Waals surface area contributed by atoms with Gasteiger partial charge in [-0.25, -0.2) is 9.79 Å². The van der Waals surface area contributed by atoms with Crippen molar-refractivity contribution in [3.63, 3.8) is 0 Å². The molecule has 34 heavy (non-hydrogen) atoms. The fourth-order valence-corrected chi connectivity index (χ4v) is 5.40. The quantitative estimate of drug-likeness (QED) is 0.531. The summed E-state index contributed by atoms with van der Waals surface area (Å²) < 4.78 is 14.8. The zero-order chi connectivity index (χ0) is 24.8. The first kappa shape index (κ1) is 23.9. The summed E-state index contributed by atoms with van der Waals surface area (Å²) in [6, 6.07) is 10.4. The van der Waals surface area contributed by atoms with Crippen LogP contribution >= 0.6 is 0 Å². The second-order valence-corrected chi connectivity index (χ2v) is 9.41. The molecule has 4 rings (SSSR count). The van der Waals surface area contributed by atoms with Crippen LogP contribution in [0.5, 0.6) is 11.5 Å². The number of nitrogens with zero attached hydrogens (tertiary/aromatic N) is 3. The van der Waals surface area contributed by atoms with Crippen LogP contribution in [0.2, 0.25) is 0 Å². The summed E-state index contributed by atoms with van der Waals surface area (Å²) in [6.45, 7) is 11.2. The molecule has 2 aromatic carbocycles. The van der Waals surface area contributed by atoms with Crippen molar-refractivity contribution in [3.05, 3.63) is 68.6 Å². The topological polar surface area (TPSA) is 57.8 Å². The molecule has 0 N–H and O–H groups in total. The van der Waals surface area contributed by atoms with E-state index >= 15 is 0 Å². The second kappa shape index (κ2) is 8.82. The van der Waals surface area contributed by atoms with E-state index in [0.717, 1.165) is 40.9 Å². The summed E-state index contributed by atoms with van der Waals surface area (Å²) >= 11 is 0. The Morgan fingerprint density at radius 3 is 2.09 bits per heavy atom. The highest BCUT2D eigenvalue weighted by molar-refractivity contribution is 5.72.